The number of primary amides is 1. The first kappa shape index (κ1) is 29.7. The third-order valence-electron chi connectivity index (χ3n) is 8.60. The second-order valence-electron chi connectivity index (χ2n) is 11.1. The zero-order valence-electron chi connectivity index (χ0n) is 23.6. The third-order valence-corrected chi connectivity index (χ3v) is 8.60. The van der Waals surface area contributed by atoms with E-state index in [0.717, 1.165) is 19.4 Å². The second-order valence-corrected chi connectivity index (χ2v) is 11.1. The molecule has 0 aliphatic heterocycles. The Balaban J connectivity index is 1.87. The first-order chi connectivity index (χ1) is 18.8. The van der Waals surface area contributed by atoms with Gasteiger partial charge in [0.2, 0.25) is 5.78 Å². The van der Waals surface area contributed by atoms with Crippen LogP contribution < -0.4 is 10.5 Å². The van der Waals surface area contributed by atoms with Crippen LogP contribution in [0, 0.1) is 17.7 Å². The van der Waals surface area contributed by atoms with E-state index in [1.807, 2.05) is 6.92 Å². The third kappa shape index (κ3) is 4.40. The second kappa shape index (κ2) is 10.9. The number of rotatable bonds is 9. The molecule has 1 aromatic rings. The van der Waals surface area contributed by atoms with E-state index in [-0.39, 0.29) is 35.3 Å². The van der Waals surface area contributed by atoms with E-state index in [0.29, 0.717) is 18.7 Å². The van der Waals surface area contributed by atoms with Crippen molar-refractivity contribution in [3.8, 4) is 5.75 Å². The molecular weight excluding hydrogens is 521 g/mol. The maximum Gasteiger partial charge on any atom is 0.255 e. The van der Waals surface area contributed by atoms with Gasteiger partial charge in [-0.2, -0.15) is 0 Å². The smallest absolute Gasteiger partial charge is 0.255 e. The van der Waals surface area contributed by atoms with Crippen molar-refractivity contribution >= 4 is 17.5 Å². The zero-order chi connectivity index (χ0) is 29.7. The van der Waals surface area contributed by atoms with Gasteiger partial charge in [-0.15, -0.1) is 0 Å². The molecule has 0 unspecified atom stereocenters. The Hall–Kier alpha value is -3.28. The number of ketones is 2. The number of hydrogen-bond acceptors (Lipinski definition) is 9. The fraction of sp³-hybridized carbons (Fsp3) is 0.552. The highest BCUT2D eigenvalue weighted by molar-refractivity contribution is 6.24. The van der Waals surface area contributed by atoms with Crippen LogP contribution in [0.2, 0.25) is 0 Å². The molecule has 218 valence electrons. The minimum Gasteiger partial charge on any atom is -0.510 e. The largest absolute Gasteiger partial charge is 0.510 e. The number of carbonyl (C=O) groups excluding carboxylic acids is 3. The topological polar surface area (TPSA) is 154 Å². The Morgan fingerprint density at radius 2 is 1.93 bits per heavy atom. The molecule has 1 aromatic carbocycles. The Labute approximate surface area is 232 Å². The van der Waals surface area contributed by atoms with Crippen LogP contribution in [0.15, 0.2) is 28.7 Å². The molecule has 0 bridgehead atoms. The summed E-state index contributed by atoms with van der Waals surface area (Å²) < 4.78 is 21.6. The first-order valence-electron chi connectivity index (χ1n) is 13.6. The maximum absolute atomic E-state index is 16.1. The van der Waals surface area contributed by atoms with Crippen molar-refractivity contribution < 1.29 is 38.8 Å². The van der Waals surface area contributed by atoms with Gasteiger partial charge in [-0.05, 0) is 58.4 Å². The molecule has 10 nitrogen and oxygen atoms in total. The number of fused-ring (bicyclic) bond motifs is 3. The average molecular weight is 560 g/mol. The molecule has 4 atom stereocenters. The van der Waals surface area contributed by atoms with Crippen LogP contribution in [0.25, 0.3) is 0 Å². The number of aliphatic hydroxyl groups excluding tert-OH is 2. The van der Waals surface area contributed by atoms with Gasteiger partial charge in [0.1, 0.15) is 28.7 Å². The number of likely N-dealkylation sites (N-methyl/N-ethyl adjacent to an activating group) is 1. The van der Waals surface area contributed by atoms with Gasteiger partial charge in [0.15, 0.2) is 11.4 Å². The van der Waals surface area contributed by atoms with Crippen molar-refractivity contribution in [1.82, 2.24) is 9.80 Å². The molecule has 3 aliphatic carbocycles. The summed E-state index contributed by atoms with van der Waals surface area (Å²) in [5.41, 5.74) is 2.09. The minimum absolute atomic E-state index is 0.00561. The summed E-state index contributed by atoms with van der Waals surface area (Å²) in [6, 6.07) is 0.409. The summed E-state index contributed by atoms with van der Waals surface area (Å²) in [6.45, 7) is 5.91. The first-order valence-corrected chi connectivity index (χ1v) is 13.6. The Morgan fingerprint density at radius 1 is 1.25 bits per heavy atom. The number of Topliss-reactive ketones (excluding diaryl/α,β-unsaturated/α-hetero) is 2. The number of nitrogens with two attached hydrogens (primary N) is 1. The fourth-order valence-electron chi connectivity index (χ4n) is 6.58. The van der Waals surface area contributed by atoms with E-state index < -0.39 is 63.9 Å². The van der Waals surface area contributed by atoms with Crippen molar-refractivity contribution in [1.29, 1.82) is 0 Å². The molecule has 0 spiro atoms. The number of ether oxygens (including phenoxy) is 1. The van der Waals surface area contributed by atoms with Crippen LogP contribution in [0.3, 0.4) is 0 Å². The highest BCUT2D eigenvalue weighted by atomic mass is 19.1. The molecule has 0 aromatic heterocycles. The SMILES string of the molecule is CCCCN(CC)Cc1cc(OC)c2c(c1F)C[C@H]1C[C@H]3[C@H](N(C)C)C(O)=C(C(N)=O)C(=O)[C@@]3(O)C(O)=C1C2=O. The van der Waals surface area contributed by atoms with Gasteiger partial charge in [0, 0.05) is 29.2 Å². The molecule has 40 heavy (non-hydrogen) atoms. The number of carbonyl (C=O) groups is 3. The monoisotopic (exact) mass is 559 g/mol. The van der Waals surface area contributed by atoms with Crippen LogP contribution in [0.5, 0.6) is 5.75 Å². The van der Waals surface area contributed by atoms with E-state index in [1.54, 1.807) is 14.1 Å². The van der Waals surface area contributed by atoms with Gasteiger partial charge in [0.25, 0.3) is 5.91 Å². The van der Waals surface area contributed by atoms with E-state index >= 15 is 4.39 Å². The van der Waals surface area contributed by atoms with Gasteiger partial charge in [-0.1, -0.05) is 20.3 Å². The highest BCUT2D eigenvalue weighted by Gasteiger charge is 2.63. The summed E-state index contributed by atoms with van der Waals surface area (Å²) >= 11 is 0. The molecule has 0 radical (unpaired) electrons. The molecule has 0 saturated heterocycles. The van der Waals surface area contributed by atoms with Crippen LogP contribution >= 0.6 is 0 Å². The van der Waals surface area contributed by atoms with Crippen molar-refractivity contribution in [2.75, 3.05) is 34.3 Å². The lowest BCUT2D eigenvalue weighted by Gasteiger charge is -2.50. The van der Waals surface area contributed by atoms with Crippen molar-refractivity contribution in [2.45, 2.75) is 57.7 Å². The van der Waals surface area contributed by atoms with Gasteiger partial charge >= 0.3 is 0 Å². The van der Waals surface area contributed by atoms with Gasteiger partial charge in [-0.25, -0.2) is 4.39 Å². The number of methoxy groups -OCH3 is 1. The molecule has 5 N–H and O–H groups in total. The van der Waals surface area contributed by atoms with Crippen molar-refractivity contribution in [3.63, 3.8) is 0 Å². The van der Waals surface area contributed by atoms with Crippen LogP contribution in [0.1, 0.15) is 54.6 Å². The molecule has 0 heterocycles. The summed E-state index contributed by atoms with van der Waals surface area (Å²) in [6.07, 6.45) is 1.91. The lowest BCUT2D eigenvalue weighted by molar-refractivity contribution is -0.148. The average Bonchev–Trinajstić information content (AvgIpc) is 2.89. The predicted molar refractivity (Wildman–Crippen MR) is 144 cm³/mol. The predicted octanol–water partition coefficient (Wildman–Crippen LogP) is 2.18. The quantitative estimate of drug-likeness (QED) is 0.333. The number of halogens is 1. The fourth-order valence-corrected chi connectivity index (χ4v) is 6.58. The number of hydrogen-bond donors (Lipinski definition) is 4. The lowest BCUT2D eigenvalue weighted by atomic mass is 9.58. The lowest BCUT2D eigenvalue weighted by Crippen LogP contribution is -2.63. The Bertz CT molecular complexity index is 1320. The van der Waals surface area contributed by atoms with E-state index in [1.165, 1.54) is 18.1 Å². The van der Waals surface area contributed by atoms with Gasteiger partial charge in [-0.3, -0.25) is 24.2 Å². The number of unbranched alkanes of at least 4 members (excludes halogenated alkanes) is 1. The molecule has 0 saturated carbocycles. The molecule has 11 heteroatoms. The van der Waals surface area contributed by atoms with E-state index in [4.69, 9.17) is 10.5 Å². The van der Waals surface area contributed by atoms with Crippen molar-refractivity contribution in [3.05, 3.63) is 51.2 Å². The normalized spacial score (nSPS) is 26.3. The zero-order valence-corrected chi connectivity index (χ0v) is 23.6. The van der Waals surface area contributed by atoms with Crippen LogP contribution in [0.4, 0.5) is 4.39 Å². The van der Waals surface area contributed by atoms with E-state index in [2.05, 4.69) is 11.8 Å². The van der Waals surface area contributed by atoms with Gasteiger partial charge < -0.3 is 25.8 Å². The molecular formula is C29H38FN3O7. The molecule has 1 amide bonds. The summed E-state index contributed by atoms with van der Waals surface area (Å²) in [4.78, 5) is 43.0. The Kier molecular flexibility index (Phi) is 8.13. The van der Waals surface area contributed by atoms with Crippen LogP contribution in [-0.4, -0.2) is 88.5 Å². The minimum atomic E-state index is -2.68. The van der Waals surface area contributed by atoms with Crippen molar-refractivity contribution in [2.24, 2.45) is 17.6 Å². The van der Waals surface area contributed by atoms with Gasteiger partial charge in [0.05, 0.1) is 18.7 Å². The number of aliphatic hydroxyl groups is 3. The molecule has 3 aliphatic rings. The summed E-state index contributed by atoms with van der Waals surface area (Å²) in [7, 11) is 4.51. The molecule has 4 rings (SSSR count). The number of benzene rings is 1. The number of allylic oxidation sites excluding steroid dienone is 1. The summed E-state index contributed by atoms with van der Waals surface area (Å²) in [5, 5.41) is 34.0. The number of amides is 1. The Morgan fingerprint density at radius 3 is 2.48 bits per heavy atom. The van der Waals surface area contributed by atoms with Crippen LogP contribution in [-0.2, 0) is 22.6 Å². The number of nitrogens with zero attached hydrogens (tertiary/aromatic N) is 2. The standard InChI is InChI=1S/C29H38FN3O7/c1-6-8-9-33(7-2)13-15-12-18(40-5)20-16(22(15)30)10-14-11-17-23(32(3)4)25(35)21(28(31)38)27(37)29(17,39)26(36)19(14)24(20)34/h12,14,17,23,35-36,39H,6-11,13H2,1-5H3,(H2,31,38)/t14-,17-,23-,29-/m0/s1. The molecule has 0 fully saturated rings. The van der Waals surface area contributed by atoms with E-state index in [9.17, 15) is 29.7 Å². The maximum atomic E-state index is 16.1. The summed E-state index contributed by atoms with van der Waals surface area (Å²) in [5.74, 6) is -7.12. The highest BCUT2D eigenvalue weighted by Crippen LogP contribution is 2.52.